The van der Waals surface area contributed by atoms with Crippen LogP contribution in [0.1, 0.15) is 40.2 Å². The van der Waals surface area contributed by atoms with E-state index < -0.39 is 49.2 Å². The fourth-order valence-corrected chi connectivity index (χ4v) is 5.23. The molecule has 0 radical (unpaired) electrons. The third-order valence-corrected chi connectivity index (χ3v) is 7.00. The van der Waals surface area contributed by atoms with Crippen molar-refractivity contribution >= 4 is 27.5 Å². The number of aromatic amines is 1. The van der Waals surface area contributed by atoms with Crippen molar-refractivity contribution in [3.63, 3.8) is 0 Å². The van der Waals surface area contributed by atoms with Gasteiger partial charge >= 0.3 is 5.76 Å². The summed E-state index contributed by atoms with van der Waals surface area (Å²) in [6.45, 7) is 3.05. The molecule has 0 saturated heterocycles. The largest absolute Gasteiger partial charge is 0.434 e. The zero-order valence-electron chi connectivity index (χ0n) is 16.3. The summed E-state index contributed by atoms with van der Waals surface area (Å²) in [4.78, 5) is 20.6. The third-order valence-electron chi connectivity index (χ3n) is 4.77. The van der Waals surface area contributed by atoms with Crippen molar-refractivity contribution in [1.82, 2.24) is 14.9 Å². The molecule has 4 N–H and O–H groups in total. The van der Waals surface area contributed by atoms with Crippen LogP contribution in [0.4, 0.5) is 4.39 Å². The van der Waals surface area contributed by atoms with Crippen LogP contribution in [0.3, 0.4) is 0 Å². The molecule has 2 aromatic carbocycles. The molecule has 3 rings (SSSR count). The number of aryl methyl sites for hydroxylation is 1. The number of primary amides is 1. The lowest BCUT2D eigenvalue weighted by Crippen LogP contribution is -2.46. The summed E-state index contributed by atoms with van der Waals surface area (Å²) in [6, 6.07) is 9.49. The Morgan fingerprint density at radius 1 is 1.29 bits per heavy atom. The molecule has 0 spiro atoms. The monoisotopic (exact) mass is 468 g/mol. The van der Waals surface area contributed by atoms with Crippen molar-refractivity contribution in [3.05, 3.63) is 81.4 Å². The van der Waals surface area contributed by atoms with Crippen LogP contribution >= 0.6 is 11.6 Å². The van der Waals surface area contributed by atoms with Crippen molar-refractivity contribution < 1.29 is 22.0 Å². The molecule has 0 fully saturated rings. The number of H-pyrrole nitrogens is 1. The Hall–Kier alpha value is -3.02. The second-order valence-electron chi connectivity index (χ2n) is 6.79. The number of amides is 1. The first kappa shape index (κ1) is 22.7. The molecule has 2 atom stereocenters. The van der Waals surface area contributed by atoms with Crippen LogP contribution in [0.5, 0.6) is 0 Å². The highest BCUT2D eigenvalue weighted by atomic mass is 35.5. The molecule has 0 unspecified atom stereocenters. The first-order valence-corrected chi connectivity index (χ1v) is 10.8. The molecule has 0 saturated carbocycles. The minimum atomic E-state index is -4.53. The van der Waals surface area contributed by atoms with Crippen molar-refractivity contribution in [3.8, 4) is 0 Å². The predicted molar refractivity (Wildman–Crippen MR) is 109 cm³/mol. The predicted octanol–water partition coefficient (Wildman–Crippen LogP) is 2.08. The average molecular weight is 469 g/mol. The van der Waals surface area contributed by atoms with E-state index in [1.807, 2.05) is 5.10 Å². The molecule has 164 valence electrons. The lowest BCUT2D eigenvalue weighted by molar-refractivity contribution is 0.0997. The summed E-state index contributed by atoms with van der Waals surface area (Å²) in [5.74, 6) is -4.27. The highest BCUT2D eigenvalue weighted by molar-refractivity contribution is 7.89. The van der Waals surface area contributed by atoms with Crippen LogP contribution in [0.25, 0.3) is 0 Å². The maximum atomic E-state index is 14.7. The summed E-state index contributed by atoms with van der Waals surface area (Å²) < 4.78 is 48.2. The second-order valence-corrected chi connectivity index (χ2v) is 9.04. The molecule has 0 aliphatic rings. The van der Waals surface area contributed by atoms with E-state index in [0.717, 1.165) is 6.07 Å². The molecule has 0 aliphatic heterocycles. The normalized spacial score (nSPS) is 14.7. The first-order chi connectivity index (χ1) is 14.5. The number of rotatable bonds is 7. The molecule has 1 amide bonds. The van der Waals surface area contributed by atoms with E-state index in [2.05, 4.69) is 9.82 Å². The van der Waals surface area contributed by atoms with E-state index in [0.29, 0.717) is 5.56 Å². The number of aromatic nitrogens is 2. The number of sulfonamides is 1. The summed E-state index contributed by atoms with van der Waals surface area (Å²) in [5.41, 5.74) is 5.56. The third kappa shape index (κ3) is 4.24. The van der Waals surface area contributed by atoms with E-state index in [9.17, 15) is 22.4 Å². The van der Waals surface area contributed by atoms with Crippen molar-refractivity contribution in [2.75, 3.05) is 0 Å². The molecule has 0 aliphatic carbocycles. The van der Waals surface area contributed by atoms with E-state index in [1.54, 1.807) is 13.0 Å². The van der Waals surface area contributed by atoms with Crippen LogP contribution in [0.2, 0.25) is 0 Å². The molecule has 31 heavy (non-hydrogen) atoms. The molecule has 0 bridgehead atoms. The number of halogens is 2. The van der Waals surface area contributed by atoms with Gasteiger partial charge in [-0.3, -0.25) is 4.79 Å². The van der Waals surface area contributed by atoms with Gasteiger partial charge in [0.25, 0.3) is 5.89 Å². The van der Waals surface area contributed by atoms with E-state index in [1.165, 1.54) is 37.3 Å². The Kier molecular flexibility index (Phi) is 6.03. The number of nitrogens with two attached hydrogens (primary N) is 1. The van der Waals surface area contributed by atoms with Crippen LogP contribution in [0, 0.1) is 12.7 Å². The topological polar surface area (TPSA) is 148 Å². The fraction of sp³-hybridized carbons (Fsp3) is 0.211. The van der Waals surface area contributed by atoms with Crippen LogP contribution in [-0.4, -0.2) is 24.5 Å². The van der Waals surface area contributed by atoms with Gasteiger partial charge in [0, 0.05) is 5.92 Å². The number of hydrogen-bond donors (Lipinski definition) is 3. The average Bonchev–Trinajstić information content (AvgIpc) is 3.14. The van der Waals surface area contributed by atoms with E-state index in [-0.39, 0.29) is 11.1 Å². The van der Waals surface area contributed by atoms with Gasteiger partial charge < -0.3 is 10.2 Å². The van der Waals surface area contributed by atoms with Gasteiger partial charge in [-0.05, 0) is 36.2 Å². The zero-order chi connectivity index (χ0) is 23.0. The lowest BCUT2D eigenvalue weighted by Gasteiger charge is -2.32. The molecule has 1 heterocycles. The molecule has 3 aromatic rings. The number of alkyl halides is 1. The summed E-state index contributed by atoms with van der Waals surface area (Å²) in [6.07, 6.45) is 0. The van der Waals surface area contributed by atoms with Crippen molar-refractivity contribution in [1.29, 1.82) is 0 Å². The van der Waals surface area contributed by atoms with Gasteiger partial charge in [-0.25, -0.2) is 22.7 Å². The van der Waals surface area contributed by atoms with Gasteiger partial charge in [0.2, 0.25) is 15.9 Å². The van der Waals surface area contributed by atoms with Gasteiger partial charge in [-0.2, -0.15) is 4.72 Å². The maximum Gasteiger partial charge on any atom is 0.434 e. The van der Waals surface area contributed by atoms with Gasteiger partial charge in [0.15, 0.2) is 5.00 Å². The Bertz CT molecular complexity index is 1290. The van der Waals surface area contributed by atoms with Crippen molar-refractivity contribution in [2.24, 2.45) is 5.73 Å². The Balaban J connectivity index is 2.20. The molecule has 1 aromatic heterocycles. The summed E-state index contributed by atoms with van der Waals surface area (Å²) >= 11 is 6.69. The Morgan fingerprint density at radius 2 is 1.97 bits per heavy atom. The van der Waals surface area contributed by atoms with Gasteiger partial charge in [0.1, 0.15) is 5.82 Å². The Morgan fingerprint density at radius 3 is 2.55 bits per heavy atom. The Labute approximate surface area is 181 Å². The number of nitrogens with one attached hydrogen (secondary N) is 2. The molecule has 9 nitrogen and oxygen atoms in total. The van der Waals surface area contributed by atoms with E-state index in [4.69, 9.17) is 21.8 Å². The minimum Gasteiger partial charge on any atom is -0.389 e. The minimum absolute atomic E-state index is 0.0778. The number of benzene rings is 2. The standard InChI is InChI=1S/C19H18ClFN4O5S/c1-10-6-5-8-13(21)15(10)11(2)19(20,17-23-24-18(27)30-17)25-31(28,29)14-9-4-3-7-12(14)16(22)26/h3-9,11,25H,1-2H3,(H2,22,26)(H,24,27)/t11-,19+/m0/s1. The lowest BCUT2D eigenvalue weighted by atomic mass is 9.89. The fourth-order valence-electron chi connectivity index (χ4n) is 3.25. The highest BCUT2D eigenvalue weighted by Crippen LogP contribution is 2.42. The summed E-state index contributed by atoms with van der Waals surface area (Å²) in [5, 5.41) is 5.66. The number of carbonyl (C=O) groups excluding carboxylic acids is 1. The quantitative estimate of drug-likeness (QED) is 0.357. The number of nitrogens with zero attached hydrogens (tertiary/aromatic N) is 1. The SMILES string of the molecule is Cc1cccc(F)c1[C@H](C)[C@@](Cl)(NS(=O)(=O)c1ccccc1C(N)=O)c1n[nH]c(=O)o1. The molecule has 12 heteroatoms. The number of carbonyl (C=O) groups is 1. The second kappa shape index (κ2) is 8.25. The summed E-state index contributed by atoms with van der Waals surface area (Å²) in [7, 11) is -4.53. The molecular weight excluding hydrogens is 451 g/mol. The maximum absolute atomic E-state index is 14.7. The van der Waals surface area contributed by atoms with Crippen LogP contribution in [-0.2, 0) is 15.0 Å². The van der Waals surface area contributed by atoms with E-state index >= 15 is 0 Å². The van der Waals surface area contributed by atoms with Gasteiger partial charge in [-0.15, -0.1) is 5.10 Å². The first-order valence-electron chi connectivity index (χ1n) is 8.90. The smallest absolute Gasteiger partial charge is 0.389 e. The molecular formula is C19H18ClFN4O5S. The van der Waals surface area contributed by atoms with Crippen LogP contribution < -0.4 is 16.2 Å². The van der Waals surface area contributed by atoms with Gasteiger partial charge in [0.05, 0.1) is 10.5 Å². The zero-order valence-corrected chi connectivity index (χ0v) is 17.9. The van der Waals surface area contributed by atoms with Gasteiger partial charge in [-0.1, -0.05) is 42.8 Å². The van der Waals surface area contributed by atoms with Crippen molar-refractivity contribution in [2.45, 2.75) is 29.7 Å². The van der Waals surface area contributed by atoms with Crippen LogP contribution in [0.15, 0.2) is 56.6 Å². The number of hydrogen-bond acceptors (Lipinski definition) is 6. The highest BCUT2D eigenvalue weighted by Gasteiger charge is 2.47.